The Balaban J connectivity index is 1.55. The first-order valence-electron chi connectivity index (χ1n) is 9.11. The third-order valence-corrected chi connectivity index (χ3v) is 5.53. The summed E-state index contributed by atoms with van der Waals surface area (Å²) >= 11 is 1.64. The van der Waals surface area contributed by atoms with Gasteiger partial charge in [0.25, 0.3) is 5.91 Å². The van der Waals surface area contributed by atoms with E-state index in [1.807, 2.05) is 13.0 Å². The molecule has 7 nitrogen and oxygen atoms in total. The third-order valence-electron chi connectivity index (χ3n) is 4.70. The van der Waals surface area contributed by atoms with Gasteiger partial charge in [0.05, 0.1) is 28.5 Å². The van der Waals surface area contributed by atoms with E-state index in [0.29, 0.717) is 12.2 Å². The van der Waals surface area contributed by atoms with Crippen LogP contribution in [0.5, 0.6) is 0 Å². The van der Waals surface area contributed by atoms with Crippen LogP contribution in [0.3, 0.4) is 0 Å². The van der Waals surface area contributed by atoms with Gasteiger partial charge in [-0.15, -0.1) is 11.3 Å². The number of thiazole rings is 1. The zero-order valence-corrected chi connectivity index (χ0v) is 16.4. The lowest BCUT2D eigenvalue weighted by Crippen LogP contribution is -2.54. The average molecular weight is 378 g/mol. The van der Waals surface area contributed by atoms with Gasteiger partial charge in [0, 0.05) is 32.1 Å². The molecule has 1 fully saturated rings. The van der Waals surface area contributed by atoms with Gasteiger partial charge in [0.2, 0.25) is 0 Å². The molecule has 2 aromatic rings. The molecule has 1 saturated heterocycles. The first-order chi connectivity index (χ1) is 12.5. The molecule has 0 spiro atoms. The number of carbonyl (C=O) groups is 1. The van der Waals surface area contributed by atoms with E-state index in [2.05, 4.69) is 32.6 Å². The molecule has 2 aromatic heterocycles. The standard InChI is InChI=1S/C18H27N5O2S/c1-4-5-13-8-16(22(3)21-13)18(25)20-15-6-7-23(10-17(15)24)9-14-11-26-12(2)19-14/h8,11,15,17,24H,4-7,9-10H2,1-3H3,(H,20,25)/t15-,17-/m1/s1. The van der Waals surface area contributed by atoms with Gasteiger partial charge in [-0.25, -0.2) is 4.98 Å². The van der Waals surface area contributed by atoms with Crippen molar-refractivity contribution in [1.82, 2.24) is 25.0 Å². The van der Waals surface area contributed by atoms with E-state index in [4.69, 9.17) is 0 Å². The van der Waals surface area contributed by atoms with Crippen molar-refractivity contribution in [2.45, 2.75) is 51.8 Å². The zero-order chi connectivity index (χ0) is 18.7. The summed E-state index contributed by atoms with van der Waals surface area (Å²) in [6, 6.07) is 1.60. The summed E-state index contributed by atoms with van der Waals surface area (Å²) < 4.78 is 1.62. The molecule has 2 atom stereocenters. The monoisotopic (exact) mass is 377 g/mol. The Bertz CT molecular complexity index is 757. The van der Waals surface area contributed by atoms with Gasteiger partial charge in [-0.05, 0) is 25.8 Å². The summed E-state index contributed by atoms with van der Waals surface area (Å²) in [4.78, 5) is 19.2. The molecule has 8 heteroatoms. The molecule has 0 aliphatic carbocycles. The van der Waals surface area contributed by atoms with E-state index in [0.717, 1.165) is 48.7 Å². The van der Waals surface area contributed by atoms with E-state index >= 15 is 0 Å². The lowest BCUT2D eigenvalue weighted by atomic mass is 10.0. The smallest absolute Gasteiger partial charge is 0.269 e. The number of carbonyl (C=O) groups excluding carboxylic acids is 1. The Morgan fingerprint density at radius 2 is 2.27 bits per heavy atom. The van der Waals surface area contributed by atoms with Gasteiger partial charge in [0.1, 0.15) is 5.69 Å². The number of aromatic nitrogens is 3. The normalized spacial score (nSPS) is 21.1. The van der Waals surface area contributed by atoms with Crippen LogP contribution in [0.15, 0.2) is 11.4 Å². The molecule has 0 aromatic carbocycles. The van der Waals surface area contributed by atoms with Crippen LogP contribution in [0.25, 0.3) is 0 Å². The Kier molecular flexibility index (Phi) is 6.05. The number of rotatable bonds is 6. The maximum absolute atomic E-state index is 12.6. The minimum atomic E-state index is -0.587. The van der Waals surface area contributed by atoms with Crippen molar-refractivity contribution in [3.8, 4) is 0 Å². The molecule has 3 heterocycles. The molecule has 0 radical (unpaired) electrons. The molecule has 142 valence electrons. The van der Waals surface area contributed by atoms with Crippen molar-refractivity contribution < 1.29 is 9.90 Å². The number of hydrogen-bond acceptors (Lipinski definition) is 6. The van der Waals surface area contributed by atoms with Crippen LogP contribution < -0.4 is 5.32 Å². The average Bonchev–Trinajstić information content (AvgIpc) is 3.16. The number of hydrogen-bond donors (Lipinski definition) is 2. The zero-order valence-electron chi connectivity index (χ0n) is 15.6. The number of aryl methyl sites for hydroxylation is 3. The quantitative estimate of drug-likeness (QED) is 0.797. The molecular weight excluding hydrogens is 350 g/mol. The van der Waals surface area contributed by atoms with Gasteiger partial charge in [-0.3, -0.25) is 14.4 Å². The SMILES string of the molecule is CCCc1cc(C(=O)N[C@@H]2CCN(Cc3csc(C)n3)C[C@H]2O)n(C)n1. The third kappa shape index (κ3) is 4.49. The van der Waals surface area contributed by atoms with E-state index in [1.165, 1.54) is 0 Å². The van der Waals surface area contributed by atoms with Crippen molar-refractivity contribution in [2.24, 2.45) is 7.05 Å². The number of nitrogens with one attached hydrogen (secondary N) is 1. The van der Waals surface area contributed by atoms with Crippen LogP contribution in [-0.2, 0) is 20.0 Å². The Labute approximate surface area is 158 Å². The largest absolute Gasteiger partial charge is 0.390 e. The highest BCUT2D eigenvalue weighted by Crippen LogP contribution is 2.17. The van der Waals surface area contributed by atoms with Crippen molar-refractivity contribution >= 4 is 17.2 Å². The van der Waals surface area contributed by atoms with Crippen LogP contribution in [0.1, 0.15) is 46.6 Å². The Morgan fingerprint density at radius 1 is 1.46 bits per heavy atom. The lowest BCUT2D eigenvalue weighted by Gasteiger charge is -2.35. The number of amides is 1. The highest BCUT2D eigenvalue weighted by atomic mass is 32.1. The summed E-state index contributed by atoms with van der Waals surface area (Å²) in [7, 11) is 1.78. The van der Waals surface area contributed by atoms with Crippen molar-refractivity contribution in [2.75, 3.05) is 13.1 Å². The highest BCUT2D eigenvalue weighted by Gasteiger charge is 2.30. The number of likely N-dealkylation sites (tertiary alicyclic amines) is 1. The second kappa shape index (κ2) is 8.28. The number of β-amino-alcohol motifs (C(OH)–C–C–N with tert-alkyl or cyclic N) is 1. The van der Waals surface area contributed by atoms with Crippen LogP contribution in [-0.4, -0.2) is 55.9 Å². The fraction of sp³-hybridized carbons (Fsp3) is 0.611. The number of nitrogens with zero attached hydrogens (tertiary/aromatic N) is 4. The minimum Gasteiger partial charge on any atom is -0.390 e. The number of aliphatic hydroxyl groups excluding tert-OH is 1. The Hall–Kier alpha value is -1.77. The molecule has 1 aliphatic rings. The first kappa shape index (κ1) is 19.0. The number of aliphatic hydroxyl groups is 1. The summed E-state index contributed by atoms with van der Waals surface area (Å²) in [5.74, 6) is -0.171. The molecule has 1 aliphatic heterocycles. The Morgan fingerprint density at radius 3 is 2.92 bits per heavy atom. The maximum Gasteiger partial charge on any atom is 0.269 e. The molecule has 26 heavy (non-hydrogen) atoms. The second-order valence-electron chi connectivity index (χ2n) is 6.92. The number of piperidine rings is 1. The molecule has 0 unspecified atom stereocenters. The summed E-state index contributed by atoms with van der Waals surface area (Å²) in [5, 5.41) is 21.0. The fourth-order valence-corrected chi connectivity index (χ4v) is 3.98. The lowest BCUT2D eigenvalue weighted by molar-refractivity contribution is 0.0343. The molecule has 2 N–H and O–H groups in total. The van der Waals surface area contributed by atoms with E-state index < -0.39 is 6.10 Å². The molecule has 0 bridgehead atoms. The molecular formula is C18H27N5O2S. The van der Waals surface area contributed by atoms with Gasteiger partial charge >= 0.3 is 0 Å². The van der Waals surface area contributed by atoms with Gasteiger partial charge in [-0.1, -0.05) is 13.3 Å². The first-order valence-corrected chi connectivity index (χ1v) is 9.99. The van der Waals surface area contributed by atoms with Gasteiger partial charge < -0.3 is 10.4 Å². The van der Waals surface area contributed by atoms with E-state index in [-0.39, 0.29) is 11.9 Å². The topological polar surface area (TPSA) is 83.3 Å². The molecule has 1 amide bonds. The second-order valence-corrected chi connectivity index (χ2v) is 7.99. The van der Waals surface area contributed by atoms with Crippen LogP contribution in [0.4, 0.5) is 0 Å². The molecule has 0 saturated carbocycles. The van der Waals surface area contributed by atoms with Gasteiger partial charge in [-0.2, -0.15) is 5.10 Å². The van der Waals surface area contributed by atoms with Gasteiger partial charge in [0.15, 0.2) is 0 Å². The predicted octanol–water partition coefficient (Wildman–Crippen LogP) is 1.50. The summed E-state index contributed by atoms with van der Waals surface area (Å²) in [6.07, 6.45) is 1.98. The van der Waals surface area contributed by atoms with Crippen molar-refractivity contribution in [3.63, 3.8) is 0 Å². The van der Waals surface area contributed by atoms with Crippen molar-refractivity contribution in [1.29, 1.82) is 0 Å². The highest BCUT2D eigenvalue weighted by molar-refractivity contribution is 7.09. The maximum atomic E-state index is 12.6. The van der Waals surface area contributed by atoms with Crippen molar-refractivity contribution in [3.05, 3.63) is 33.5 Å². The molecule has 3 rings (SSSR count). The summed E-state index contributed by atoms with van der Waals surface area (Å²) in [6.45, 7) is 6.18. The minimum absolute atomic E-state index is 0.171. The van der Waals surface area contributed by atoms with Crippen LogP contribution in [0, 0.1) is 6.92 Å². The van der Waals surface area contributed by atoms with Crippen LogP contribution >= 0.6 is 11.3 Å². The fourth-order valence-electron chi connectivity index (χ4n) is 3.38. The predicted molar refractivity (Wildman–Crippen MR) is 101 cm³/mol. The van der Waals surface area contributed by atoms with E-state index in [9.17, 15) is 9.90 Å². The van der Waals surface area contributed by atoms with E-state index in [1.54, 1.807) is 23.1 Å². The summed E-state index contributed by atoms with van der Waals surface area (Å²) in [5.41, 5.74) is 2.51. The van der Waals surface area contributed by atoms with Crippen LogP contribution in [0.2, 0.25) is 0 Å².